The van der Waals surface area contributed by atoms with Crippen LogP contribution in [0.3, 0.4) is 0 Å². The summed E-state index contributed by atoms with van der Waals surface area (Å²) in [6.45, 7) is 8.05. The number of hydrogen-bond acceptors (Lipinski definition) is 7. The lowest BCUT2D eigenvalue weighted by Gasteiger charge is -2.28. The summed E-state index contributed by atoms with van der Waals surface area (Å²) in [5.41, 5.74) is 1.10. The maximum atomic E-state index is 12.7. The van der Waals surface area contributed by atoms with Gasteiger partial charge in [-0.1, -0.05) is 19.1 Å². The molecule has 0 saturated carbocycles. The highest BCUT2D eigenvalue weighted by atomic mass is 32.2. The van der Waals surface area contributed by atoms with E-state index in [1.54, 1.807) is 24.1 Å². The topological polar surface area (TPSA) is 107 Å². The van der Waals surface area contributed by atoms with E-state index in [1.165, 1.54) is 10.6 Å². The molecule has 1 atom stereocenters. The summed E-state index contributed by atoms with van der Waals surface area (Å²) in [6, 6.07) is 7.40. The van der Waals surface area contributed by atoms with Crippen LogP contribution in [0, 0.1) is 0 Å². The van der Waals surface area contributed by atoms with Gasteiger partial charge in [-0.05, 0) is 70.4 Å². The van der Waals surface area contributed by atoms with E-state index in [-0.39, 0.29) is 18.2 Å². The van der Waals surface area contributed by atoms with Gasteiger partial charge in [0.15, 0.2) is 9.84 Å². The predicted molar refractivity (Wildman–Crippen MR) is 140 cm³/mol. The summed E-state index contributed by atoms with van der Waals surface area (Å²) < 4.78 is 49.6. The fourth-order valence-electron chi connectivity index (χ4n) is 4.38. The minimum Gasteiger partial charge on any atom is -0.342 e. The molecular weight excluding hydrogens is 488 g/mol. The lowest BCUT2D eigenvalue weighted by atomic mass is 10.1. The average Bonchev–Trinajstić information content (AvgIpc) is 2.99. The number of carbonyl (C=O) groups is 1. The van der Waals surface area contributed by atoms with E-state index in [9.17, 15) is 21.6 Å². The van der Waals surface area contributed by atoms with Gasteiger partial charge < -0.3 is 15.1 Å². The number of sulfonamides is 1. The number of likely N-dealkylation sites (N-methyl/N-ethyl adjacent to an activating group) is 1. The van der Waals surface area contributed by atoms with Crippen molar-refractivity contribution in [2.24, 2.45) is 0 Å². The minimum atomic E-state index is -3.42. The van der Waals surface area contributed by atoms with Gasteiger partial charge in [0, 0.05) is 38.5 Å². The average molecular weight is 531 g/mol. The fourth-order valence-corrected chi connectivity index (χ4v) is 6.44. The van der Waals surface area contributed by atoms with Gasteiger partial charge in [0.2, 0.25) is 15.9 Å². The van der Waals surface area contributed by atoms with E-state index < -0.39 is 19.9 Å². The van der Waals surface area contributed by atoms with E-state index in [0.29, 0.717) is 43.5 Å². The van der Waals surface area contributed by atoms with Crippen molar-refractivity contribution in [3.63, 3.8) is 0 Å². The normalized spacial score (nSPS) is 17.1. The zero-order chi connectivity index (χ0) is 26.1. The van der Waals surface area contributed by atoms with Crippen LogP contribution in [0.4, 0.5) is 0 Å². The van der Waals surface area contributed by atoms with Crippen molar-refractivity contribution in [3.05, 3.63) is 29.8 Å². The number of hydrogen-bond donors (Lipinski definition) is 1. The van der Waals surface area contributed by atoms with Crippen molar-refractivity contribution in [1.29, 1.82) is 0 Å². The Balaban J connectivity index is 1.80. The zero-order valence-electron chi connectivity index (χ0n) is 21.6. The third-order valence-corrected chi connectivity index (χ3v) is 9.49. The Morgan fingerprint density at radius 1 is 1.09 bits per heavy atom. The van der Waals surface area contributed by atoms with Gasteiger partial charge in [0.1, 0.15) is 0 Å². The summed E-state index contributed by atoms with van der Waals surface area (Å²) in [7, 11) is -4.90. The molecule has 1 unspecified atom stereocenters. The Bertz CT molecular complexity index is 1010. The number of amides is 1. The molecule has 9 nitrogen and oxygen atoms in total. The van der Waals surface area contributed by atoms with E-state index in [2.05, 4.69) is 24.1 Å². The molecule has 1 heterocycles. The first kappa shape index (κ1) is 29.7. The van der Waals surface area contributed by atoms with Gasteiger partial charge in [0.25, 0.3) is 0 Å². The van der Waals surface area contributed by atoms with Crippen LogP contribution in [0.1, 0.15) is 38.7 Å². The molecule has 1 amide bonds. The summed E-state index contributed by atoms with van der Waals surface area (Å²) in [4.78, 5) is 17.2. The first-order valence-electron chi connectivity index (χ1n) is 12.4. The van der Waals surface area contributed by atoms with E-state index in [0.717, 1.165) is 37.9 Å². The molecule has 0 aliphatic carbocycles. The maximum Gasteiger partial charge on any atom is 0.237 e. The second kappa shape index (κ2) is 13.7. The van der Waals surface area contributed by atoms with Gasteiger partial charge in [0.05, 0.1) is 17.2 Å². The van der Waals surface area contributed by atoms with Crippen LogP contribution in [0.2, 0.25) is 0 Å². The molecule has 11 heteroatoms. The molecule has 0 aromatic heterocycles. The van der Waals surface area contributed by atoms with Crippen LogP contribution in [0.15, 0.2) is 29.2 Å². The van der Waals surface area contributed by atoms with Crippen LogP contribution < -0.4 is 5.32 Å². The Labute approximate surface area is 211 Å². The van der Waals surface area contributed by atoms with Crippen LogP contribution in [-0.4, -0.2) is 108 Å². The van der Waals surface area contributed by atoms with Crippen LogP contribution in [0.25, 0.3) is 0 Å². The molecule has 35 heavy (non-hydrogen) atoms. The molecule has 0 radical (unpaired) electrons. The van der Waals surface area contributed by atoms with E-state index >= 15 is 0 Å². The SMILES string of the molecule is CCN(CCCCN1CCCN(S(=O)(=O)CCNC)CC1=O)C(C)Cc1ccc(S(C)(=O)=O)cc1. The van der Waals surface area contributed by atoms with Gasteiger partial charge in [-0.2, -0.15) is 4.31 Å². The zero-order valence-corrected chi connectivity index (χ0v) is 23.2. The quantitative estimate of drug-likeness (QED) is 0.360. The third kappa shape index (κ3) is 9.45. The Morgan fingerprint density at radius 3 is 2.37 bits per heavy atom. The second-order valence-electron chi connectivity index (χ2n) is 9.29. The Kier molecular flexibility index (Phi) is 11.6. The third-order valence-electron chi connectivity index (χ3n) is 6.54. The van der Waals surface area contributed by atoms with Crippen molar-refractivity contribution in [3.8, 4) is 0 Å². The van der Waals surface area contributed by atoms with Gasteiger partial charge in [-0.3, -0.25) is 4.79 Å². The first-order valence-corrected chi connectivity index (χ1v) is 15.9. The number of nitrogens with one attached hydrogen (secondary N) is 1. The predicted octanol–water partition coefficient (Wildman–Crippen LogP) is 1.21. The summed E-state index contributed by atoms with van der Waals surface area (Å²) in [6.07, 6.45) is 4.51. The molecule has 0 bridgehead atoms. The molecule has 1 aromatic carbocycles. The monoisotopic (exact) mass is 530 g/mol. The molecule has 1 aromatic rings. The van der Waals surface area contributed by atoms with E-state index in [1.807, 2.05) is 12.1 Å². The van der Waals surface area contributed by atoms with Crippen LogP contribution in [0.5, 0.6) is 0 Å². The highest BCUT2D eigenvalue weighted by Crippen LogP contribution is 2.15. The molecule has 1 N–H and O–H groups in total. The van der Waals surface area contributed by atoms with Crippen molar-refractivity contribution in [2.75, 3.05) is 64.9 Å². The highest BCUT2D eigenvalue weighted by molar-refractivity contribution is 7.90. The summed E-state index contributed by atoms with van der Waals surface area (Å²) in [5.74, 6) is -0.113. The smallest absolute Gasteiger partial charge is 0.237 e. The summed E-state index contributed by atoms with van der Waals surface area (Å²) >= 11 is 0. The number of carbonyl (C=O) groups excluding carboxylic acids is 1. The first-order chi connectivity index (χ1) is 16.5. The summed E-state index contributed by atoms with van der Waals surface area (Å²) in [5, 5.41) is 2.85. The van der Waals surface area contributed by atoms with Gasteiger partial charge in [-0.25, -0.2) is 16.8 Å². The lowest BCUT2D eigenvalue weighted by molar-refractivity contribution is -0.130. The number of benzene rings is 1. The maximum absolute atomic E-state index is 12.7. The van der Waals surface area contributed by atoms with Gasteiger partial charge >= 0.3 is 0 Å². The fraction of sp³-hybridized carbons (Fsp3) is 0.708. The lowest BCUT2D eigenvalue weighted by Crippen LogP contribution is -2.41. The molecule has 2 rings (SSSR count). The standard InChI is InChI=1S/C24H42N4O5S2/c1-5-26(21(2)19-22-9-11-23(12-10-22)34(4,30)31)14-6-7-15-27-16-8-17-28(20-24(27)29)35(32,33)18-13-25-3/h9-12,21,25H,5-8,13-20H2,1-4H3. The largest absolute Gasteiger partial charge is 0.342 e. The van der Waals surface area contributed by atoms with Crippen molar-refractivity contribution < 1.29 is 21.6 Å². The van der Waals surface area contributed by atoms with E-state index in [4.69, 9.17) is 0 Å². The molecule has 0 spiro atoms. The number of rotatable bonds is 14. The van der Waals surface area contributed by atoms with Gasteiger partial charge in [-0.15, -0.1) is 0 Å². The van der Waals surface area contributed by atoms with Crippen LogP contribution >= 0.6 is 0 Å². The molecule has 1 fully saturated rings. The molecule has 1 saturated heterocycles. The number of nitrogens with zero attached hydrogens (tertiary/aromatic N) is 3. The highest BCUT2D eigenvalue weighted by Gasteiger charge is 2.29. The Hall–Kier alpha value is -1.53. The van der Waals surface area contributed by atoms with Crippen molar-refractivity contribution in [2.45, 2.75) is 50.5 Å². The molecule has 1 aliphatic heterocycles. The minimum absolute atomic E-state index is 0.00364. The molecule has 200 valence electrons. The Morgan fingerprint density at radius 2 is 1.77 bits per heavy atom. The molecular formula is C24H42N4O5S2. The van der Waals surface area contributed by atoms with Crippen molar-refractivity contribution in [1.82, 2.24) is 19.4 Å². The van der Waals surface area contributed by atoms with Crippen LogP contribution in [-0.2, 0) is 31.1 Å². The number of sulfone groups is 1. The van der Waals surface area contributed by atoms with Crippen molar-refractivity contribution >= 4 is 25.8 Å². The molecule has 1 aliphatic rings. The number of unbranched alkanes of at least 4 members (excludes halogenated alkanes) is 1. The second-order valence-corrected chi connectivity index (χ2v) is 13.4.